The molecule has 0 saturated heterocycles. The van der Waals surface area contributed by atoms with Crippen LogP contribution in [0.25, 0.3) is 0 Å². The molecule has 0 radical (unpaired) electrons. The number of hydrogen-bond donors (Lipinski definition) is 2. The molecule has 0 fully saturated rings. The van der Waals surface area contributed by atoms with Crippen LogP contribution in [0.2, 0.25) is 0 Å². The van der Waals surface area contributed by atoms with Crippen molar-refractivity contribution in [1.29, 1.82) is 0 Å². The molecule has 0 aliphatic heterocycles. The SMILES string of the molecule is CCC(C)NC(=O)c1ccccc1SCC(=O)Nc1ccc(C)cc1. The van der Waals surface area contributed by atoms with Gasteiger partial charge in [-0.05, 0) is 44.5 Å². The number of rotatable bonds is 7. The molecular weight excluding hydrogens is 332 g/mol. The summed E-state index contributed by atoms with van der Waals surface area (Å²) in [5, 5.41) is 5.84. The number of benzene rings is 2. The van der Waals surface area contributed by atoms with Crippen molar-refractivity contribution in [2.45, 2.75) is 38.1 Å². The van der Waals surface area contributed by atoms with E-state index in [1.807, 2.05) is 63.2 Å². The quantitative estimate of drug-likeness (QED) is 0.729. The largest absolute Gasteiger partial charge is 0.350 e. The van der Waals surface area contributed by atoms with Gasteiger partial charge in [0.1, 0.15) is 0 Å². The summed E-state index contributed by atoms with van der Waals surface area (Å²) in [5.74, 6) is 0.0593. The molecule has 0 heterocycles. The molecule has 0 aliphatic rings. The van der Waals surface area contributed by atoms with E-state index in [4.69, 9.17) is 0 Å². The van der Waals surface area contributed by atoms with Crippen LogP contribution in [0, 0.1) is 6.92 Å². The van der Waals surface area contributed by atoms with Crippen molar-refractivity contribution in [3.05, 3.63) is 59.7 Å². The topological polar surface area (TPSA) is 58.2 Å². The van der Waals surface area contributed by atoms with Gasteiger partial charge in [-0.2, -0.15) is 0 Å². The first-order chi connectivity index (χ1) is 12.0. The van der Waals surface area contributed by atoms with Gasteiger partial charge in [-0.1, -0.05) is 36.8 Å². The summed E-state index contributed by atoms with van der Waals surface area (Å²) in [6, 6.07) is 15.2. The van der Waals surface area contributed by atoms with Gasteiger partial charge in [0.25, 0.3) is 5.91 Å². The molecule has 5 heteroatoms. The predicted octanol–water partition coefficient (Wildman–Crippen LogP) is 4.25. The molecule has 0 saturated carbocycles. The van der Waals surface area contributed by atoms with Gasteiger partial charge in [0.15, 0.2) is 0 Å². The molecule has 0 aromatic heterocycles. The molecule has 2 rings (SSSR count). The maximum atomic E-state index is 12.4. The lowest BCUT2D eigenvalue weighted by molar-refractivity contribution is -0.113. The lowest BCUT2D eigenvalue weighted by atomic mass is 10.2. The molecule has 4 nitrogen and oxygen atoms in total. The first-order valence-corrected chi connectivity index (χ1v) is 9.37. The van der Waals surface area contributed by atoms with Gasteiger partial charge in [0.2, 0.25) is 5.91 Å². The van der Waals surface area contributed by atoms with E-state index in [9.17, 15) is 9.59 Å². The normalized spacial score (nSPS) is 11.6. The van der Waals surface area contributed by atoms with Gasteiger partial charge >= 0.3 is 0 Å². The van der Waals surface area contributed by atoms with Crippen LogP contribution in [0.5, 0.6) is 0 Å². The van der Waals surface area contributed by atoms with Crippen LogP contribution in [0.1, 0.15) is 36.2 Å². The van der Waals surface area contributed by atoms with E-state index in [1.54, 1.807) is 6.07 Å². The molecular formula is C20H24N2O2S. The number of thioether (sulfide) groups is 1. The number of carbonyl (C=O) groups is 2. The van der Waals surface area contributed by atoms with E-state index in [2.05, 4.69) is 10.6 Å². The van der Waals surface area contributed by atoms with Gasteiger partial charge in [-0.3, -0.25) is 9.59 Å². The van der Waals surface area contributed by atoms with E-state index in [0.717, 1.165) is 22.6 Å². The molecule has 1 unspecified atom stereocenters. The molecule has 132 valence electrons. The zero-order chi connectivity index (χ0) is 18.2. The summed E-state index contributed by atoms with van der Waals surface area (Å²) in [5.41, 5.74) is 2.53. The Morgan fingerprint density at radius 3 is 2.44 bits per heavy atom. The summed E-state index contributed by atoms with van der Waals surface area (Å²) in [6.07, 6.45) is 0.875. The van der Waals surface area contributed by atoms with Crippen molar-refractivity contribution >= 4 is 29.3 Å². The number of nitrogens with one attached hydrogen (secondary N) is 2. The fourth-order valence-electron chi connectivity index (χ4n) is 2.16. The number of amides is 2. The number of aryl methyl sites for hydroxylation is 1. The molecule has 25 heavy (non-hydrogen) atoms. The highest BCUT2D eigenvalue weighted by Gasteiger charge is 2.14. The maximum Gasteiger partial charge on any atom is 0.252 e. The molecule has 2 amide bonds. The second-order valence-electron chi connectivity index (χ2n) is 5.98. The Labute approximate surface area is 153 Å². The third-order valence-corrected chi connectivity index (χ3v) is 4.89. The van der Waals surface area contributed by atoms with E-state index in [0.29, 0.717) is 5.56 Å². The smallest absolute Gasteiger partial charge is 0.252 e. The minimum atomic E-state index is -0.101. The zero-order valence-electron chi connectivity index (χ0n) is 14.8. The monoisotopic (exact) mass is 356 g/mol. The van der Waals surface area contributed by atoms with Crippen LogP contribution in [0.3, 0.4) is 0 Å². The number of anilines is 1. The summed E-state index contributed by atoms with van der Waals surface area (Å²) >= 11 is 1.37. The lowest BCUT2D eigenvalue weighted by Gasteiger charge is -2.14. The Morgan fingerprint density at radius 1 is 1.08 bits per heavy atom. The zero-order valence-corrected chi connectivity index (χ0v) is 15.7. The van der Waals surface area contributed by atoms with Crippen LogP contribution < -0.4 is 10.6 Å². The Morgan fingerprint density at radius 2 is 1.76 bits per heavy atom. The Bertz CT molecular complexity index is 729. The van der Waals surface area contributed by atoms with Gasteiger partial charge in [-0.15, -0.1) is 11.8 Å². The molecule has 2 aromatic rings. The van der Waals surface area contributed by atoms with Gasteiger partial charge in [0.05, 0.1) is 11.3 Å². The molecule has 1 atom stereocenters. The van der Waals surface area contributed by atoms with Gasteiger partial charge in [0, 0.05) is 16.6 Å². The van der Waals surface area contributed by atoms with Crippen molar-refractivity contribution < 1.29 is 9.59 Å². The first-order valence-electron chi connectivity index (χ1n) is 8.38. The molecule has 0 bridgehead atoms. The lowest BCUT2D eigenvalue weighted by Crippen LogP contribution is -2.32. The standard InChI is InChI=1S/C20H24N2O2S/c1-4-15(3)21-20(24)17-7-5-6-8-18(17)25-13-19(23)22-16-11-9-14(2)10-12-16/h5-12,15H,4,13H2,1-3H3,(H,21,24)(H,22,23). The average Bonchev–Trinajstić information content (AvgIpc) is 2.62. The van der Waals surface area contributed by atoms with Crippen molar-refractivity contribution in [2.24, 2.45) is 0 Å². The van der Waals surface area contributed by atoms with E-state index >= 15 is 0 Å². The van der Waals surface area contributed by atoms with Crippen molar-refractivity contribution in [3.63, 3.8) is 0 Å². The fraction of sp³-hybridized carbons (Fsp3) is 0.300. The van der Waals surface area contributed by atoms with Crippen LogP contribution >= 0.6 is 11.8 Å². The highest BCUT2D eigenvalue weighted by atomic mass is 32.2. The second-order valence-corrected chi connectivity index (χ2v) is 7.00. The summed E-state index contributed by atoms with van der Waals surface area (Å²) in [7, 11) is 0. The predicted molar refractivity (Wildman–Crippen MR) is 104 cm³/mol. The molecule has 2 aromatic carbocycles. The minimum absolute atomic E-state index is 0.0917. The molecule has 2 N–H and O–H groups in total. The van der Waals surface area contributed by atoms with E-state index in [-0.39, 0.29) is 23.6 Å². The fourth-order valence-corrected chi connectivity index (χ4v) is 3.01. The molecule has 0 spiro atoms. The Kier molecular flexibility index (Phi) is 7.07. The minimum Gasteiger partial charge on any atom is -0.350 e. The maximum absolute atomic E-state index is 12.4. The molecule has 0 aliphatic carbocycles. The third kappa shape index (κ3) is 5.94. The van der Waals surface area contributed by atoms with Crippen molar-refractivity contribution in [3.8, 4) is 0 Å². The number of hydrogen-bond acceptors (Lipinski definition) is 3. The van der Waals surface area contributed by atoms with E-state index < -0.39 is 0 Å². The second kappa shape index (κ2) is 9.28. The Hall–Kier alpha value is -2.27. The summed E-state index contributed by atoms with van der Waals surface area (Å²) < 4.78 is 0. The average molecular weight is 356 g/mol. The van der Waals surface area contributed by atoms with Crippen molar-refractivity contribution in [1.82, 2.24) is 5.32 Å². The van der Waals surface area contributed by atoms with Crippen LogP contribution in [-0.4, -0.2) is 23.6 Å². The Balaban J connectivity index is 1.97. The van der Waals surface area contributed by atoms with Crippen LogP contribution in [0.15, 0.2) is 53.4 Å². The van der Waals surface area contributed by atoms with Crippen LogP contribution in [0.4, 0.5) is 5.69 Å². The van der Waals surface area contributed by atoms with Crippen LogP contribution in [-0.2, 0) is 4.79 Å². The summed E-state index contributed by atoms with van der Waals surface area (Å²) in [6.45, 7) is 6.01. The first kappa shape index (κ1) is 19.1. The highest BCUT2D eigenvalue weighted by molar-refractivity contribution is 8.00. The highest BCUT2D eigenvalue weighted by Crippen LogP contribution is 2.23. The summed E-state index contributed by atoms with van der Waals surface area (Å²) in [4.78, 5) is 25.3. The van der Waals surface area contributed by atoms with Crippen molar-refractivity contribution in [2.75, 3.05) is 11.1 Å². The number of carbonyl (C=O) groups excluding carboxylic acids is 2. The van der Waals surface area contributed by atoms with Gasteiger partial charge < -0.3 is 10.6 Å². The third-order valence-electron chi connectivity index (χ3n) is 3.82. The van der Waals surface area contributed by atoms with Gasteiger partial charge in [-0.25, -0.2) is 0 Å². The van der Waals surface area contributed by atoms with E-state index in [1.165, 1.54) is 11.8 Å².